The number of anilines is 2. The monoisotopic (exact) mass is 582 g/mol. The number of benzene rings is 2. The predicted molar refractivity (Wildman–Crippen MR) is 154 cm³/mol. The summed E-state index contributed by atoms with van der Waals surface area (Å²) in [7, 11) is -8.55. The molecule has 2 aromatic rings. The molecule has 12 heteroatoms. The normalized spacial score (nSPS) is 11.8. The van der Waals surface area contributed by atoms with Crippen molar-refractivity contribution < 1.29 is 38.3 Å². The van der Waals surface area contributed by atoms with E-state index in [1.54, 1.807) is 0 Å². The van der Waals surface area contributed by atoms with Crippen molar-refractivity contribution >= 4 is 49.0 Å². The summed E-state index contributed by atoms with van der Waals surface area (Å²) in [5, 5.41) is 5.34. The molecule has 0 radical (unpaired) electrons. The van der Waals surface area contributed by atoms with Gasteiger partial charge >= 0.3 is 15.2 Å². The van der Waals surface area contributed by atoms with Crippen LogP contribution in [-0.2, 0) is 18.7 Å². The van der Waals surface area contributed by atoms with Gasteiger partial charge < -0.3 is 30.2 Å². The lowest BCUT2D eigenvalue weighted by Crippen LogP contribution is -2.12. The lowest BCUT2D eigenvalue weighted by atomic mass is 10.0. The van der Waals surface area contributed by atoms with Gasteiger partial charge in [-0.15, -0.1) is 0 Å². The molecule has 2 rings (SSSR count). The minimum atomic E-state index is -4.28. The number of carbonyl (C=O) groups excluding carboxylic acids is 2. The molecule has 0 aromatic heterocycles. The first-order valence-corrected chi connectivity index (χ1v) is 16.6. The van der Waals surface area contributed by atoms with Crippen LogP contribution in [0.15, 0.2) is 48.5 Å². The summed E-state index contributed by atoms with van der Waals surface area (Å²) in [5.74, 6) is -0.207. The summed E-state index contributed by atoms with van der Waals surface area (Å²) in [6.45, 7) is 0. The topological polar surface area (TPSA) is 173 Å². The standard InChI is InChI=1S/C27H40N2O8P2/c30-26(28-22-14-18-24(19-15-22)38(32,33)34)12-10-8-6-4-2-1-3-5-7-9-11-13-27(31)29-23-16-20-25(21-17-23)39(35,36)37/h14-21H,1-13H2,(H,28,30)(H,29,31)(H2,32,33,34)(H2,35,36,37). The Hall–Kier alpha value is -2.32. The number of amides is 2. The summed E-state index contributed by atoms with van der Waals surface area (Å²) in [4.78, 5) is 60.5. The maximum absolute atomic E-state index is 12.0. The van der Waals surface area contributed by atoms with Gasteiger partial charge in [-0.05, 0) is 61.4 Å². The van der Waals surface area contributed by atoms with Gasteiger partial charge in [0.15, 0.2) is 0 Å². The van der Waals surface area contributed by atoms with Gasteiger partial charge in [-0.1, -0.05) is 57.8 Å². The Labute approximate surface area is 229 Å². The van der Waals surface area contributed by atoms with Crippen molar-refractivity contribution in [2.45, 2.75) is 83.5 Å². The average molecular weight is 583 g/mol. The molecule has 0 saturated heterocycles. The van der Waals surface area contributed by atoms with E-state index in [2.05, 4.69) is 10.6 Å². The van der Waals surface area contributed by atoms with Crippen LogP contribution in [0, 0.1) is 0 Å². The lowest BCUT2D eigenvalue weighted by molar-refractivity contribution is -0.117. The molecule has 0 aliphatic rings. The molecule has 2 aromatic carbocycles. The largest absolute Gasteiger partial charge is 0.356 e. The fourth-order valence-electron chi connectivity index (χ4n) is 4.09. The minimum absolute atomic E-state index is 0.0738. The molecule has 0 unspecified atom stereocenters. The van der Waals surface area contributed by atoms with Crippen LogP contribution in [0.2, 0.25) is 0 Å². The summed E-state index contributed by atoms with van der Waals surface area (Å²) >= 11 is 0. The van der Waals surface area contributed by atoms with Crippen LogP contribution in [0.3, 0.4) is 0 Å². The van der Waals surface area contributed by atoms with Crippen molar-refractivity contribution in [1.82, 2.24) is 0 Å². The third-order valence-corrected chi connectivity index (χ3v) is 8.22. The fourth-order valence-corrected chi connectivity index (χ4v) is 5.16. The predicted octanol–water partition coefficient (Wildman–Crippen LogP) is 4.94. The molecule has 0 atom stereocenters. The van der Waals surface area contributed by atoms with E-state index in [1.807, 2.05) is 0 Å². The Morgan fingerprint density at radius 3 is 1.00 bits per heavy atom. The molecule has 6 N–H and O–H groups in total. The highest BCUT2D eigenvalue weighted by Gasteiger charge is 2.17. The van der Waals surface area contributed by atoms with Crippen LogP contribution in [0.1, 0.15) is 83.5 Å². The van der Waals surface area contributed by atoms with E-state index in [0.29, 0.717) is 24.2 Å². The Bertz CT molecular complexity index is 1040. The van der Waals surface area contributed by atoms with Gasteiger partial charge in [-0.3, -0.25) is 18.7 Å². The Balaban J connectivity index is 1.40. The molecule has 0 fully saturated rings. The quantitative estimate of drug-likeness (QED) is 0.106. The molecule has 39 heavy (non-hydrogen) atoms. The average Bonchev–Trinajstić information content (AvgIpc) is 2.86. The van der Waals surface area contributed by atoms with Crippen LogP contribution in [0.25, 0.3) is 0 Å². The van der Waals surface area contributed by atoms with E-state index in [9.17, 15) is 18.7 Å². The summed E-state index contributed by atoms with van der Waals surface area (Å²) < 4.78 is 22.4. The SMILES string of the molecule is O=C(CCCCCCCCCCCCCC(=O)Nc1ccc(P(=O)(O)O)cc1)Nc1ccc(P(=O)(O)O)cc1. The van der Waals surface area contributed by atoms with Crippen LogP contribution < -0.4 is 21.2 Å². The van der Waals surface area contributed by atoms with Crippen molar-refractivity contribution in [3.05, 3.63) is 48.5 Å². The fraction of sp³-hybridized carbons (Fsp3) is 0.481. The van der Waals surface area contributed by atoms with E-state index in [1.165, 1.54) is 67.8 Å². The Morgan fingerprint density at radius 1 is 0.487 bits per heavy atom. The molecule has 10 nitrogen and oxygen atoms in total. The number of unbranched alkanes of at least 4 members (excludes halogenated alkanes) is 10. The highest BCUT2D eigenvalue weighted by molar-refractivity contribution is 7.60. The summed E-state index contributed by atoms with van der Waals surface area (Å²) in [5.41, 5.74) is 1.04. The minimum Gasteiger partial charge on any atom is -0.326 e. The van der Waals surface area contributed by atoms with Gasteiger partial charge in [-0.2, -0.15) is 0 Å². The highest BCUT2D eigenvalue weighted by Crippen LogP contribution is 2.34. The molecule has 0 heterocycles. The van der Waals surface area contributed by atoms with Crippen LogP contribution >= 0.6 is 15.2 Å². The van der Waals surface area contributed by atoms with Crippen LogP contribution in [0.4, 0.5) is 11.4 Å². The molecule has 216 valence electrons. The van der Waals surface area contributed by atoms with Crippen molar-refractivity contribution in [2.75, 3.05) is 10.6 Å². The first kappa shape index (κ1) is 32.9. The van der Waals surface area contributed by atoms with Gasteiger partial charge in [0.1, 0.15) is 0 Å². The second-order valence-electron chi connectivity index (χ2n) is 9.67. The molecule has 0 saturated carbocycles. The van der Waals surface area contributed by atoms with Crippen LogP contribution in [0.5, 0.6) is 0 Å². The van der Waals surface area contributed by atoms with Crippen LogP contribution in [-0.4, -0.2) is 31.4 Å². The number of carbonyl (C=O) groups is 2. The summed E-state index contributed by atoms with van der Waals surface area (Å²) in [6.07, 6.45) is 12.4. The Kier molecular flexibility index (Phi) is 14.1. The zero-order chi connectivity index (χ0) is 28.7. The smallest absolute Gasteiger partial charge is 0.326 e. The molecule has 0 aliphatic carbocycles. The van der Waals surface area contributed by atoms with E-state index in [-0.39, 0.29) is 22.4 Å². The number of rotatable bonds is 18. The van der Waals surface area contributed by atoms with Crippen molar-refractivity contribution in [3.8, 4) is 0 Å². The van der Waals surface area contributed by atoms with Gasteiger partial charge in [-0.25, -0.2) is 0 Å². The number of hydrogen-bond donors (Lipinski definition) is 6. The Morgan fingerprint density at radius 2 is 0.744 bits per heavy atom. The van der Waals surface area contributed by atoms with E-state index < -0.39 is 15.2 Å². The molecule has 2 amide bonds. The third-order valence-electron chi connectivity index (χ3n) is 6.28. The number of nitrogens with one attached hydrogen (secondary N) is 2. The second kappa shape index (κ2) is 16.7. The summed E-state index contributed by atoms with van der Waals surface area (Å²) in [6, 6.07) is 11.2. The van der Waals surface area contributed by atoms with Crippen molar-refractivity contribution in [2.24, 2.45) is 0 Å². The van der Waals surface area contributed by atoms with E-state index >= 15 is 0 Å². The van der Waals surface area contributed by atoms with Gasteiger partial charge in [0, 0.05) is 24.2 Å². The van der Waals surface area contributed by atoms with Gasteiger partial charge in [0.25, 0.3) is 0 Å². The number of hydrogen-bond acceptors (Lipinski definition) is 4. The maximum atomic E-state index is 12.0. The second-order valence-corrected chi connectivity index (χ2v) is 12.9. The zero-order valence-corrected chi connectivity index (χ0v) is 23.9. The van der Waals surface area contributed by atoms with Crippen molar-refractivity contribution in [3.63, 3.8) is 0 Å². The molecular formula is C27H40N2O8P2. The zero-order valence-electron chi connectivity index (χ0n) is 22.1. The molecule has 0 bridgehead atoms. The van der Waals surface area contributed by atoms with Gasteiger partial charge in [0.2, 0.25) is 11.8 Å². The lowest BCUT2D eigenvalue weighted by Gasteiger charge is -2.08. The molecule has 0 spiro atoms. The van der Waals surface area contributed by atoms with Crippen molar-refractivity contribution in [1.29, 1.82) is 0 Å². The molecular weight excluding hydrogens is 542 g/mol. The highest BCUT2D eigenvalue weighted by atomic mass is 31.2. The maximum Gasteiger partial charge on any atom is 0.356 e. The van der Waals surface area contributed by atoms with E-state index in [4.69, 9.17) is 19.6 Å². The van der Waals surface area contributed by atoms with E-state index in [0.717, 1.165) is 51.4 Å². The molecule has 0 aliphatic heterocycles. The first-order valence-electron chi connectivity index (χ1n) is 13.4. The first-order chi connectivity index (χ1) is 18.4. The third kappa shape index (κ3) is 14.0. The van der Waals surface area contributed by atoms with Gasteiger partial charge in [0.05, 0.1) is 10.6 Å².